The number of ketones is 1. The van der Waals surface area contributed by atoms with Crippen molar-refractivity contribution < 1.29 is 14.3 Å². The third-order valence-corrected chi connectivity index (χ3v) is 3.44. The maximum atomic E-state index is 11.1. The molecule has 0 saturated heterocycles. The summed E-state index contributed by atoms with van der Waals surface area (Å²) in [7, 11) is 1.92. The molecule has 0 saturated carbocycles. The highest BCUT2D eigenvalue weighted by atomic mass is 16.6. The molecule has 0 radical (unpaired) electrons. The number of carbonyl (C=O) groups excluding carboxylic acids is 1. The smallest absolute Gasteiger partial charge is 0.161 e. The summed E-state index contributed by atoms with van der Waals surface area (Å²) in [6, 6.07) is 4.22. The number of hydrogen-bond acceptors (Lipinski definition) is 4. The van der Waals surface area contributed by atoms with Crippen LogP contribution < -0.4 is 14.8 Å². The fourth-order valence-electron chi connectivity index (χ4n) is 2.38. The molecule has 0 bridgehead atoms. The predicted octanol–water partition coefficient (Wildman–Crippen LogP) is 2.40. The fourth-order valence-corrected chi connectivity index (χ4v) is 2.38. The average Bonchev–Trinajstić information content (AvgIpc) is 2.39. The first-order valence-electron chi connectivity index (χ1n) is 6.68. The zero-order valence-corrected chi connectivity index (χ0v) is 11.8. The Morgan fingerprint density at radius 1 is 1.32 bits per heavy atom. The van der Waals surface area contributed by atoms with Gasteiger partial charge in [0.1, 0.15) is 19.0 Å². The van der Waals surface area contributed by atoms with Crippen molar-refractivity contribution in [1.29, 1.82) is 0 Å². The van der Waals surface area contributed by atoms with Gasteiger partial charge in [-0.15, -0.1) is 0 Å². The molecule has 1 aromatic rings. The largest absolute Gasteiger partial charge is 0.486 e. The van der Waals surface area contributed by atoms with E-state index in [9.17, 15) is 4.79 Å². The lowest BCUT2D eigenvalue weighted by Crippen LogP contribution is -2.20. The van der Waals surface area contributed by atoms with Gasteiger partial charge >= 0.3 is 0 Å². The zero-order valence-electron chi connectivity index (χ0n) is 11.8. The summed E-state index contributed by atoms with van der Waals surface area (Å²) in [5, 5.41) is 3.27. The van der Waals surface area contributed by atoms with E-state index in [2.05, 4.69) is 12.2 Å². The summed E-state index contributed by atoms with van der Waals surface area (Å²) >= 11 is 0. The highest BCUT2D eigenvalue weighted by molar-refractivity contribution is 5.75. The second kappa shape index (κ2) is 6.06. The molecule has 0 spiro atoms. The monoisotopic (exact) mass is 263 g/mol. The minimum Gasteiger partial charge on any atom is -0.486 e. The fraction of sp³-hybridized carbons (Fsp3) is 0.533. The SMILES string of the molecule is CNC(CCC(C)=O)c1cc2c(cc1C)OCCO2. The van der Waals surface area contributed by atoms with E-state index in [1.165, 1.54) is 5.56 Å². The summed E-state index contributed by atoms with van der Waals surface area (Å²) in [4.78, 5) is 11.1. The van der Waals surface area contributed by atoms with Gasteiger partial charge in [0.15, 0.2) is 11.5 Å². The van der Waals surface area contributed by atoms with Gasteiger partial charge < -0.3 is 19.6 Å². The van der Waals surface area contributed by atoms with Gasteiger partial charge in [0, 0.05) is 12.5 Å². The van der Waals surface area contributed by atoms with E-state index in [1.54, 1.807) is 6.92 Å². The number of aryl methyl sites for hydroxylation is 1. The summed E-state index contributed by atoms with van der Waals surface area (Å²) in [6.45, 7) is 4.88. The molecule has 0 aliphatic carbocycles. The standard InChI is InChI=1S/C15H21NO3/c1-10-8-14-15(19-7-6-18-14)9-12(10)13(16-3)5-4-11(2)17/h8-9,13,16H,4-7H2,1-3H3. The van der Waals surface area contributed by atoms with Crippen LogP contribution in [-0.2, 0) is 4.79 Å². The molecular formula is C15H21NO3. The molecule has 1 heterocycles. The Morgan fingerprint density at radius 3 is 2.53 bits per heavy atom. The molecule has 0 fully saturated rings. The lowest BCUT2D eigenvalue weighted by atomic mass is 9.96. The van der Waals surface area contributed by atoms with Gasteiger partial charge in [-0.2, -0.15) is 0 Å². The molecule has 19 heavy (non-hydrogen) atoms. The van der Waals surface area contributed by atoms with Crippen LogP contribution >= 0.6 is 0 Å². The lowest BCUT2D eigenvalue weighted by molar-refractivity contribution is -0.117. The topological polar surface area (TPSA) is 47.6 Å². The third-order valence-electron chi connectivity index (χ3n) is 3.44. The molecule has 1 N–H and O–H groups in total. The number of Topliss-reactive ketones (excluding diaryl/α,β-unsaturated/α-hetero) is 1. The van der Waals surface area contributed by atoms with Crippen LogP contribution in [0, 0.1) is 6.92 Å². The minimum atomic E-state index is 0.166. The summed E-state index contributed by atoms with van der Waals surface area (Å²) in [5.74, 6) is 1.83. The normalized spacial score (nSPS) is 15.1. The Labute approximate surface area is 114 Å². The van der Waals surface area contributed by atoms with Gasteiger partial charge in [0.2, 0.25) is 0 Å². The molecule has 2 rings (SSSR count). The van der Waals surface area contributed by atoms with Gasteiger partial charge in [-0.05, 0) is 50.6 Å². The number of fused-ring (bicyclic) bond motifs is 1. The van der Waals surface area contributed by atoms with Crippen LogP contribution in [0.1, 0.15) is 36.9 Å². The molecule has 4 heteroatoms. The molecule has 104 valence electrons. The lowest BCUT2D eigenvalue weighted by Gasteiger charge is -2.24. The van der Waals surface area contributed by atoms with E-state index in [4.69, 9.17) is 9.47 Å². The van der Waals surface area contributed by atoms with Crippen LogP contribution in [0.4, 0.5) is 0 Å². The van der Waals surface area contributed by atoms with Crippen LogP contribution in [0.15, 0.2) is 12.1 Å². The summed E-state index contributed by atoms with van der Waals surface area (Å²) in [6.07, 6.45) is 1.38. The second-order valence-corrected chi connectivity index (χ2v) is 4.93. The number of rotatable bonds is 5. The number of benzene rings is 1. The van der Waals surface area contributed by atoms with Crippen molar-refractivity contribution in [3.63, 3.8) is 0 Å². The number of ether oxygens (including phenoxy) is 2. The molecule has 0 amide bonds. The van der Waals surface area contributed by atoms with E-state index in [0.29, 0.717) is 19.6 Å². The van der Waals surface area contributed by atoms with E-state index >= 15 is 0 Å². The molecule has 1 aliphatic heterocycles. The van der Waals surface area contributed by atoms with E-state index in [0.717, 1.165) is 23.5 Å². The van der Waals surface area contributed by atoms with Crippen molar-refractivity contribution in [2.75, 3.05) is 20.3 Å². The van der Waals surface area contributed by atoms with E-state index in [1.807, 2.05) is 19.2 Å². The molecular weight excluding hydrogens is 242 g/mol. The van der Waals surface area contributed by atoms with Crippen LogP contribution in [0.5, 0.6) is 11.5 Å². The molecule has 0 aromatic heterocycles. The van der Waals surface area contributed by atoms with Crippen LogP contribution in [0.25, 0.3) is 0 Å². The quantitative estimate of drug-likeness (QED) is 0.886. The van der Waals surface area contributed by atoms with Crippen LogP contribution in [0.3, 0.4) is 0 Å². The van der Waals surface area contributed by atoms with Crippen molar-refractivity contribution in [3.8, 4) is 11.5 Å². The van der Waals surface area contributed by atoms with Crippen molar-refractivity contribution >= 4 is 5.78 Å². The molecule has 1 unspecified atom stereocenters. The summed E-state index contributed by atoms with van der Waals surface area (Å²) in [5.41, 5.74) is 2.33. The molecule has 1 aliphatic rings. The first-order valence-corrected chi connectivity index (χ1v) is 6.68. The second-order valence-electron chi connectivity index (χ2n) is 4.93. The van der Waals surface area contributed by atoms with Gasteiger partial charge in [-0.1, -0.05) is 0 Å². The zero-order chi connectivity index (χ0) is 13.8. The predicted molar refractivity (Wildman–Crippen MR) is 73.9 cm³/mol. The Balaban J connectivity index is 2.24. The molecule has 1 aromatic carbocycles. The van der Waals surface area contributed by atoms with E-state index in [-0.39, 0.29) is 11.8 Å². The Kier molecular flexibility index (Phi) is 4.43. The van der Waals surface area contributed by atoms with Crippen molar-refractivity contribution in [2.24, 2.45) is 0 Å². The van der Waals surface area contributed by atoms with Crippen molar-refractivity contribution in [1.82, 2.24) is 5.32 Å². The van der Waals surface area contributed by atoms with Gasteiger partial charge in [-0.3, -0.25) is 0 Å². The highest BCUT2D eigenvalue weighted by Crippen LogP contribution is 2.36. The van der Waals surface area contributed by atoms with Crippen molar-refractivity contribution in [2.45, 2.75) is 32.7 Å². The third kappa shape index (κ3) is 3.26. The highest BCUT2D eigenvalue weighted by Gasteiger charge is 2.19. The Hall–Kier alpha value is -1.55. The number of hydrogen-bond donors (Lipinski definition) is 1. The Morgan fingerprint density at radius 2 is 1.95 bits per heavy atom. The summed E-state index contributed by atoms with van der Waals surface area (Å²) < 4.78 is 11.2. The maximum Gasteiger partial charge on any atom is 0.161 e. The van der Waals surface area contributed by atoms with Gasteiger partial charge in [0.25, 0.3) is 0 Å². The Bertz CT molecular complexity index is 471. The molecule has 1 atom stereocenters. The van der Waals surface area contributed by atoms with Crippen LogP contribution in [0.2, 0.25) is 0 Å². The van der Waals surface area contributed by atoms with Gasteiger partial charge in [-0.25, -0.2) is 0 Å². The number of nitrogens with one attached hydrogen (secondary N) is 1. The van der Waals surface area contributed by atoms with Crippen molar-refractivity contribution in [3.05, 3.63) is 23.3 Å². The maximum absolute atomic E-state index is 11.1. The van der Waals surface area contributed by atoms with E-state index < -0.39 is 0 Å². The average molecular weight is 263 g/mol. The first kappa shape index (κ1) is 13.9. The number of carbonyl (C=O) groups is 1. The first-order chi connectivity index (χ1) is 9.11. The molecule has 4 nitrogen and oxygen atoms in total. The minimum absolute atomic E-state index is 0.166. The van der Waals surface area contributed by atoms with Crippen LogP contribution in [-0.4, -0.2) is 26.0 Å². The van der Waals surface area contributed by atoms with Gasteiger partial charge in [0.05, 0.1) is 0 Å².